The Morgan fingerprint density at radius 3 is 2.72 bits per heavy atom. The van der Waals surface area contributed by atoms with Crippen LogP contribution in [0.5, 0.6) is 0 Å². The standard InChI is InChI=1S/C24H25N5O3/c1-12-25-22-20(17-4-2-3-16(13-5-6-13)21(17)28-22)23(26-12)29-10-14(9-15(29)11-30)18-7-8-19(27-18)24(31)32/h2-4,7-8,13-15,27,30H,5-6,9-11H2,1H3,(H,31,32)(H,25,26,28)/t14-,15-/m0/s1. The van der Waals surface area contributed by atoms with Crippen LogP contribution in [0, 0.1) is 6.92 Å². The fourth-order valence-corrected chi connectivity index (χ4v) is 5.22. The van der Waals surface area contributed by atoms with Gasteiger partial charge in [0.05, 0.1) is 23.6 Å². The highest BCUT2D eigenvalue weighted by molar-refractivity contribution is 6.12. The molecule has 8 nitrogen and oxygen atoms in total. The third-order valence-corrected chi connectivity index (χ3v) is 6.90. The number of aromatic amines is 2. The number of hydrogen-bond donors (Lipinski definition) is 4. The number of aliphatic hydroxyl groups is 1. The molecule has 3 aromatic heterocycles. The first kappa shape index (κ1) is 19.3. The molecule has 1 saturated carbocycles. The molecule has 4 aromatic rings. The van der Waals surface area contributed by atoms with Crippen molar-refractivity contribution in [1.29, 1.82) is 0 Å². The van der Waals surface area contributed by atoms with Crippen LogP contribution in [0.4, 0.5) is 5.82 Å². The second kappa shape index (κ2) is 7.06. The molecule has 0 unspecified atom stereocenters. The number of nitrogens with one attached hydrogen (secondary N) is 2. The number of carboxylic acids is 1. The third kappa shape index (κ3) is 2.97. The lowest BCUT2D eigenvalue weighted by atomic mass is 10.0. The number of benzene rings is 1. The molecule has 2 atom stereocenters. The Hall–Kier alpha value is -3.39. The number of carboxylic acid groups (broad SMARTS) is 1. The lowest BCUT2D eigenvalue weighted by Crippen LogP contribution is -2.33. The summed E-state index contributed by atoms with van der Waals surface area (Å²) in [4.78, 5) is 29.6. The van der Waals surface area contributed by atoms with E-state index in [2.05, 4.69) is 38.1 Å². The van der Waals surface area contributed by atoms with Gasteiger partial charge < -0.3 is 25.1 Å². The smallest absolute Gasteiger partial charge is 0.352 e. The molecule has 1 aromatic carbocycles. The zero-order valence-corrected chi connectivity index (χ0v) is 17.8. The molecule has 1 aliphatic carbocycles. The van der Waals surface area contributed by atoms with Crippen LogP contribution < -0.4 is 4.90 Å². The fourth-order valence-electron chi connectivity index (χ4n) is 5.22. The number of aryl methyl sites for hydroxylation is 1. The summed E-state index contributed by atoms with van der Waals surface area (Å²) in [6.45, 7) is 2.54. The quantitative estimate of drug-likeness (QED) is 0.383. The molecule has 2 aliphatic rings. The molecule has 32 heavy (non-hydrogen) atoms. The van der Waals surface area contributed by atoms with Crippen LogP contribution in [0.3, 0.4) is 0 Å². The summed E-state index contributed by atoms with van der Waals surface area (Å²) in [7, 11) is 0. The first-order valence-electron chi connectivity index (χ1n) is 11.1. The molecule has 6 rings (SSSR count). The number of rotatable bonds is 5. The summed E-state index contributed by atoms with van der Waals surface area (Å²) < 4.78 is 0. The van der Waals surface area contributed by atoms with E-state index < -0.39 is 5.97 Å². The highest BCUT2D eigenvalue weighted by Gasteiger charge is 2.36. The van der Waals surface area contributed by atoms with E-state index in [4.69, 9.17) is 4.98 Å². The molecule has 1 saturated heterocycles. The van der Waals surface area contributed by atoms with Gasteiger partial charge in [-0.1, -0.05) is 18.2 Å². The second-order valence-electron chi connectivity index (χ2n) is 9.04. The summed E-state index contributed by atoms with van der Waals surface area (Å²) >= 11 is 0. The molecule has 8 heteroatoms. The Morgan fingerprint density at radius 1 is 1.16 bits per heavy atom. The molecule has 0 radical (unpaired) electrons. The van der Waals surface area contributed by atoms with E-state index in [1.165, 1.54) is 18.4 Å². The maximum Gasteiger partial charge on any atom is 0.352 e. The van der Waals surface area contributed by atoms with Crippen molar-refractivity contribution < 1.29 is 15.0 Å². The zero-order valence-electron chi connectivity index (χ0n) is 17.8. The van der Waals surface area contributed by atoms with Gasteiger partial charge in [0.2, 0.25) is 0 Å². The van der Waals surface area contributed by atoms with E-state index in [0.29, 0.717) is 18.3 Å². The summed E-state index contributed by atoms with van der Waals surface area (Å²) in [6.07, 6.45) is 3.16. The van der Waals surface area contributed by atoms with Gasteiger partial charge in [-0.05, 0) is 49.8 Å². The molecule has 0 spiro atoms. The molecular weight excluding hydrogens is 406 g/mol. The van der Waals surface area contributed by atoms with Gasteiger partial charge in [0.1, 0.15) is 23.0 Å². The van der Waals surface area contributed by atoms with Gasteiger partial charge in [-0.25, -0.2) is 14.8 Å². The Balaban J connectivity index is 1.46. The summed E-state index contributed by atoms with van der Waals surface area (Å²) in [5, 5.41) is 21.6. The van der Waals surface area contributed by atoms with Crippen LogP contribution in [0.15, 0.2) is 30.3 Å². The molecule has 2 fully saturated rings. The number of carbonyl (C=O) groups is 1. The van der Waals surface area contributed by atoms with E-state index in [0.717, 1.165) is 39.9 Å². The van der Waals surface area contributed by atoms with Crippen LogP contribution in [-0.4, -0.2) is 55.3 Å². The second-order valence-corrected chi connectivity index (χ2v) is 9.04. The van der Waals surface area contributed by atoms with Crippen molar-refractivity contribution in [3.05, 3.63) is 53.1 Å². The van der Waals surface area contributed by atoms with E-state index in [-0.39, 0.29) is 24.3 Å². The number of para-hydroxylation sites is 1. The number of anilines is 1. The van der Waals surface area contributed by atoms with Gasteiger partial charge in [0.15, 0.2) is 0 Å². The van der Waals surface area contributed by atoms with Crippen LogP contribution in [0.2, 0.25) is 0 Å². The molecule has 164 valence electrons. The number of aromatic carboxylic acids is 1. The monoisotopic (exact) mass is 431 g/mol. The molecule has 4 heterocycles. The van der Waals surface area contributed by atoms with Crippen molar-refractivity contribution in [3.63, 3.8) is 0 Å². The highest BCUT2D eigenvalue weighted by atomic mass is 16.4. The van der Waals surface area contributed by atoms with Crippen molar-refractivity contribution in [2.75, 3.05) is 18.1 Å². The van der Waals surface area contributed by atoms with Crippen molar-refractivity contribution in [3.8, 4) is 0 Å². The maximum absolute atomic E-state index is 11.3. The Labute approximate surface area is 184 Å². The highest BCUT2D eigenvalue weighted by Crippen LogP contribution is 2.45. The predicted octanol–water partition coefficient (Wildman–Crippen LogP) is 3.68. The van der Waals surface area contributed by atoms with Crippen LogP contribution >= 0.6 is 0 Å². The topological polar surface area (TPSA) is 118 Å². The third-order valence-electron chi connectivity index (χ3n) is 6.90. The number of hydrogen-bond acceptors (Lipinski definition) is 5. The van der Waals surface area contributed by atoms with E-state index in [1.807, 2.05) is 13.0 Å². The molecule has 1 aliphatic heterocycles. The van der Waals surface area contributed by atoms with Crippen molar-refractivity contribution in [2.45, 2.75) is 44.1 Å². The lowest BCUT2D eigenvalue weighted by Gasteiger charge is -2.25. The van der Waals surface area contributed by atoms with E-state index >= 15 is 0 Å². The Bertz CT molecular complexity index is 1350. The number of H-pyrrole nitrogens is 2. The molecular formula is C24H25N5O3. The van der Waals surface area contributed by atoms with Gasteiger partial charge in [-0.15, -0.1) is 0 Å². The maximum atomic E-state index is 11.3. The largest absolute Gasteiger partial charge is 0.477 e. The van der Waals surface area contributed by atoms with Crippen molar-refractivity contribution in [2.24, 2.45) is 0 Å². The van der Waals surface area contributed by atoms with E-state index in [9.17, 15) is 15.0 Å². The number of nitrogens with zero attached hydrogens (tertiary/aromatic N) is 3. The fraction of sp³-hybridized carbons (Fsp3) is 0.375. The minimum Gasteiger partial charge on any atom is -0.477 e. The average molecular weight is 431 g/mol. The zero-order chi connectivity index (χ0) is 22.0. The lowest BCUT2D eigenvalue weighted by molar-refractivity contribution is 0.0691. The number of aromatic nitrogens is 4. The molecule has 0 bridgehead atoms. The minimum absolute atomic E-state index is 0.00319. The van der Waals surface area contributed by atoms with Crippen LogP contribution in [-0.2, 0) is 0 Å². The first-order chi connectivity index (χ1) is 15.5. The molecule has 0 amide bonds. The summed E-state index contributed by atoms with van der Waals surface area (Å²) in [6, 6.07) is 9.75. The van der Waals surface area contributed by atoms with Gasteiger partial charge in [-0.2, -0.15) is 0 Å². The van der Waals surface area contributed by atoms with Gasteiger partial charge >= 0.3 is 5.97 Å². The van der Waals surface area contributed by atoms with Gasteiger partial charge in [0.25, 0.3) is 0 Å². The number of fused-ring (bicyclic) bond motifs is 3. The first-order valence-corrected chi connectivity index (χ1v) is 11.1. The van der Waals surface area contributed by atoms with Gasteiger partial charge in [0, 0.05) is 23.5 Å². The van der Waals surface area contributed by atoms with E-state index in [1.54, 1.807) is 6.07 Å². The Kier molecular flexibility index (Phi) is 4.26. The number of aliphatic hydroxyl groups excluding tert-OH is 1. The SMILES string of the molecule is Cc1nc(N2C[C@@H](c3ccc(C(=O)O)[nH]3)C[C@H]2CO)c2c(n1)[nH]c1c(C3CC3)cccc12. The normalized spacial score (nSPS) is 21.1. The van der Waals surface area contributed by atoms with Crippen LogP contribution in [0.1, 0.15) is 58.7 Å². The average Bonchev–Trinajstić information content (AvgIpc) is 3.20. The van der Waals surface area contributed by atoms with Crippen molar-refractivity contribution in [1.82, 2.24) is 19.9 Å². The predicted molar refractivity (Wildman–Crippen MR) is 121 cm³/mol. The van der Waals surface area contributed by atoms with Crippen LogP contribution in [0.25, 0.3) is 21.9 Å². The summed E-state index contributed by atoms with van der Waals surface area (Å²) in [5.74, 6) is 1.24. The Morgan fingerprint density at radius 2 is 2.00 bits per heavy atom. The minimum atomic E-state index is -0.969. The summed E-state index contributed by atoms with van der Waals surface area (Å²) in [5.41, 5.74) is 4.36. The van der Waals surface area contributed by atoms with Crippen molar-refractivity contribution >= 4 is 33.7 Å². The van der Waals surface area contributed by atoms with Gasteiger partial charge in [-0.3, -0.25) is 0 Å². The molecule has 4 N–H and O–H groups in total.